The number of para-hydroxylation sites is 1. The Morgan fingerprint density at radius 1 is 1.07 bits per heavy atom. The highest BCUT2D eigenvalue weighted by atomic mass is 79.9. The highest BCUT2D eigenvalue weighted by Gasteiger charge is 2.24. The first-order valence-corrected chi connectivity index (χ1v) is 9.03. The molecule has 2 aromatic carbocycles. The van der Waals surface area contributed by atoms with Gasteiger partial charge in [0.25, 0.3) is 11.5 Å². The molecule has 27 heavy (non-hydrogen) atoms. The summed E-state index contributed by atoms with van der Waals surface area (Å²) in [5, 5.41) is 7.28. The third-order valence-corrected chi connectivity index (χ3v) is 4.62. The van der Waals surface area contributed by atoms with Crippen molar-refractivity contribution in [1.82, 2.24) is 14.3 Å². The van der Waals surface area contributed by atoms with Gasteiger partial charge in [0.15, 0.2) is 0 Å². The predicted molar refractivity (Wildman–Crippen MR) is 108 cm³/mol. The van der Waals surface area contributed by atoms with E-state index in [0.717, 1.165) is 4.47 Å². The van der Waals surface area contributed by atoms with Crippen molar-refractivity contribution < 1.29 is 4.79 Å². The quantitative estimate of drug-likeness (QED) is 0.547. The number of rotatable bonds is 3. The lowest BCUT2D eigenvalue weighted by Crippen LogP contribution is -2.17. The van der Waals surface area contributed by atoms with Gasteiger partial charge in [0.05, 0.1) is 16.8 Å². The zero-order valence-corrected chi connectivity index (χ0v) is 16.0. The summed E-state index contributed by atoms with van der Waals surface area (Å²) < 4.78 is 3.87. The molecule has 0 aliphatic carbocycles. The van der Waals surface area contributed by atoms with Crippen molar-refractivity contribution in [3.8, 4) is 16.9 Å². The molecule has 7 heteroatoms. The molecule has 4 rings (SSSR count). The molecule has 2 heterocycles. The summed E-state index contributed by atoms with van der Waals surface area (Å²) in [5.41, 5.74) is 2.14. The Bertz CT molecular complexity index is 1160. The largest absolute Gasteiger partial charge is 0.356 e. The number of hydrogen-bond acceptors (Lipinski definition) is 3. The summed E-state index contributed by atoms with van der Waals surface area (Å²) in [6.07, 6.45) is 3.34. The first-order chi connectivity index (χ1) is 13.0. The minimum absolute atomic E-state index is 0.260. The zero-order valence-electron chi connectivity index (χ0n) is 14.4. The SMILES string of the molecule is Cn1cc(C(=O)Nc2cccc(Br)c2)c2nn(-c3ccccc3)c(=O)c-2c1. The normalized spacial score (nSPS) is 10.9. The maximum Gasteiger partial charge on any atom is 0.282 e. The van der Waals surface area contributed by atoms with Gasteiger partial charge in [-0.15, -0.1) is 0 Å². The van der Waals surface area contributed by atoms with Gasteiger partial charge in [0.1, 0.15) is 5.69 Å². The first-order valence-electron chi connectivity index (χ1n) is 8.24. The number of pyridine rings is 1. The van der Waals surface area contributed by atoms with Crippen LogP contribution in [0, 0.1) is 0 Å². The van der Waals surface area contributed by atoms with Crippen LogP contribution in [0.2, 0.25) is 0 Å². The van der Waals surface area contributed by atoms with E-state index in [1.807, 2.05) is 30.3 Å². The van der Waals surface area contributed by atoms with E-state index >= 15 is 0 Å². The van der Waals surface area contributed by atoms with Crippen molar-refractivity contribution in [1.29, 1.82) is 0 Å². The van der Waals surface area contributed by atoms with Crippen LogP contribution in [0.15, 0.2) is 76.3 Å². The summed E-state index contributed by atoms with van der Waals surface area (Å²) in [4.78, 5) is 25.7. The van der Waals surface area contributed by atoms with Crippen LogP contribution in [0.4, 0.5) is 5.69 Å². The molecular formula is C20H15BrN4O2. The Morgan fingerprint density at radius 3 is 2.59 bits per heavy atom. The summed E-state index contributed by atoms with van der Waals surface area (Å²) in [6.45, 7) is 0. The maximum absolute atomic E-state index is 12.9. The van der Waals surface area contributed by atoms with Crippen LogP contribution in [-0.2, 0) is 7.05 Å². The number of nitrogens with one attached hydrogen (secondary N) is 1. The fourth-order valence-electron chi connectivity index (χ4n) is 2.91. The van der Waals surface area contributed by atoms with Crippen LogP contribution >= 0.6 is 15.9 Å². The number of amides is 1. The molecule has 0 saturated carbocycles. The lowest BCUT2D eigenvalue weighted by Gasteiger charge is -2.10. The average Bonchev–Trinajstić information content (AvgIpc) is 2.98. The van der Waals surface area contributed by atoms with Crippen molar-refractivity contribution in [2.75, 3.05) is 5.32 Å². The van der Waals surface area contributed by atoms with Gasteiger partial charge < -0.3 is 9.88 Å². The molecule has 0 saturated heterocycles. The Hall–Kier alpha value is -3.19. The molecule has 6 nitrogen and oxygen atoms in total. The average molecular weight is 423 g/mol. The van der Waals surface area contributed by atoms with Crippen LogP contribution in [0.25, 0.3) is 16.9 Å². The molecule has 1 N–H and O–H groups in total. The van der Waals surface area contributed by atoms with Crippen molar-refractivity contribution in [2.24, 2.45) is 7.05 Å². The minimum Gasteiger partial charge on any atom is -0.356 e. The molecular weight excluding hydrogens is 408 g/mol. The minimum atomic E-state index is -0.327. The molecule has 0 bridgehead atoms. The van der Waals surface area contributed by atoms with Gasteiger partial charge in [-0.25, -0.2) is 0 Å². The second-order valence-corrected chi connectivity index (χ2v) is 7.03. The zero-order chi connectivity index (χ0) is 19.0. The van der Waals surface area contributed by atoms with Crippen LogP contribution in [0.1, 0.15) is 10.4 Å². The molecule has 134 valence electrons. The lowest BCUT2D eigenvalue weighted by molar-refractivity contribution is 0.102. The van der Waals surface area contributed by atoms with Crippen molar-refractivity contribution in [2.45, 2.75) is 0 Å². The van der Waals surface area contributed by atoms with Crippen LogP contribution < -0.4 is 10.9 Å². The first kappa shape index (κ1) is 17.2. The third-order valence-electron chi connectivity index (χ3n) is 4.13. The number of hydrogen-bond donors (Lipinski definition) is 1. The number of anilines is 1. The van der Waals surface area contributed by atoms with Crippen molar-refractivity contribution in [3.05, 3.63) is 87.4 Å². The van der Waals surface area contributed by atoms with Crippen LogP contribution in [0.5, 0.6) is 0 Å². The Labute approximate surface area is 163 Å². The van der Waals surface area contributed by atoms with E-state index in [0.29, 0.717) is 28.2 Å². The standard InChI is InChI=1S/C20H15BrN4O2/c1-24-11-16(19(26)22-14-7-5-6-13(21)10-14)18-17(12-24)20(27)25(23-18)15-8-3-2-4-9-15/h2-12H,1H3,(H,22,26). The van der Waals surface area contributed by atoms with Crippen molar-refractivity contribution >= 4 is 27.5 Å². The highest BCUT2D eigenvalue weighted by Crippen LogP contribution is 2.23. The summed E-state index contributed by atoms with van der Waals surface area (Å²) in [6, 6.07) is 16.5. The Kier molecular flexibility index (Phi) is 4.37. The monoisotopic (exact) mass is 422 g/mol. The van der Waals surface area contributed by atoms with Crippen LogP contribution in [-0.4, -0.2) is 20.3 Å². The maximum atomic E-state index is 12.9. The number of aryl methyl sites for hydroxylation is 1. The molecule has 1 amide bonds. The number of halogens is 1. The van der Waals surface area contributed by atoms with Crippen molar-refractivity contribution in [3.63, 3.8) is 0 Å². The number of carbonyl (C=O) groups excluding carboxylic acids is 1. The molecule has 2 aromatic rings. The topological polar surface area (TPSA) is 68.9 Å². The smallest absolute Gasteiger partial charge is 0.282 e. The number of fused-ring (bicyclic) bond motifs is 1. The highest BCUT2D eigenvalue weighted by molar-refractivity contribution is 9.10. The lowest BCUT2D eigenvalue weighted by atomic mass is 10.1. The second-order valence-electron chi connectivity index (χ2n) is 6.12. The molecule has 0 radical (unpaired) electrons. The van der Waals surface area contributed by atoms with Crippen LogP contribution in [0.3, 0.4) is 0 Å². The van der Waals surface area contributed by atoms with E-state index < -0.39 is 0 Å². The fraction of sp³-hybridized carbons (Fsp3) is 0.0500. The molecule has 0 fully saturated rings. The van der Waals surface area contributed by atoms with E-state index in [1.165, 1.54) is 4.68 Å². The molecule has 0 atom stereocenters. The van der Waals surface area contributed by atoms with Gasteiger partial charge in [0, 0.05) is 29.6 Å². The van der Waals surface area contributed by atoms with E-state index in [2.05, 4.69) is 26.3 Å². The van der Waals surface area contributed by atoms with E-state index in [-0.39, 0.29) is 11.5 Å². The van der Waals surface area contributed by atoms with Gasteiger partial charge >= 0.3 is 0 Å². The molecule has 0 spiro atoms. The number of benzene rings is 2. The van der Waals surface area contributed by atoms with E-state index in [4.69, 9.17) is 0 Å². The fourth-order valence-corrected chi connectivity index (χ4v) is 3.31. The Balaban J connectivity index is 1.81. The summed E-state index contributed by atoms with van der Waals surface area (Å²) in [7, 11) is 1.77. The molecule has 2 aliphatic rings. The molecule has 2 aliphatic heterocycles. The van der Waals surface area contributed by atoms with Gasteiger partial charge in [-0.3, -0.25) is 9.59 Å². The van der Waals surface area contributed by atoms with Gasteiger partial charge in [-0.2, -0.15) is 9.78 Å². The third kappa shape index (κ3) is 3.29. The molecule has 0 unspecified atom stereocenters. The number of nitrogens with zero attached hydrogens (tertiary/aromatic N) is 3. The Morgan fingerprint density at radius 2 is 1.85 bits per heavy atom. The summed E-state index contributed by atoms with van der Waals surface area (Å²) >= 11 is 3.39. The van der Waals surface area contributed by atoms with Gasteiger partial charge in [-0.1, -0.05) is 40.2 Å². The second kappa shape index (κ2) is 6.85. The number of carbonyl (C=O) groups is 1. The van der Waals surface area contributed by atoms with Gasteiger partial charge in [-0.05, 0) is 30.3 Å². The summed E-state index contributed by atoms with van der Waals surface area (Å²) in [5.74, 6) is -0.327. The molecule has 0 aromatic heterocycles. The van der Waals surface area contributed by atoms with E-state index in [1.54, 1.807) is 48.3 Å². The number of aromatic nitrogens is 3. The predicted octanol–water partition coefficient (Wildman–Crippen LogP) is 3.69. The van der Waals surface area contributed by atoms with Gasteiger partial charge in [0.2, 0.25) is 0 Å². The van der Waals surface area contributed by atoms with E-state index in [9.17, 15) is 9.59 Å².